The second-order valence-electron chi connectivity index (χ2n) is 4.30. The van der Waals surface area contributed by atoms with E-state index >= 15 is 0 Å². The first-order valence-corrected chi connectivity index (χ1v) is 7.76. The molecule has 104 valence electrons. The number of hydrogen-bond acceptors (Lipinski definition) is 5. The van der Waals surface area contributed by atoms with Crippen LogP contribution in [0.5, 0.6) is 0 Å². The van der Waals surface area contributed by atoms with Crippen molar-refractivity contribution in [3.8, 4) is 0 Å². The molecular formula is C11H15N3O3S2. The maximum Gasteiger partial charge on any atom is 0.327 e. The fourth-order valence-electron chi connectivity index (χ4n) is 1.75. The number of carboxylic acid groups (broad SMARTS) is 1. The Labute approximate surface area is 119 Å². The van der Waals surface area contributed by atoms with Crippen LogP contribution in [0.4, 0.5) is 4.79 Å². The number of hydrogen-bond donors (Lipinski definition) is 2. The van der Waals surface area contributed by atoms with Gasteiger partial charge in [-0.05, 0) is 13.8 Å². The van der Waals surface area contributed by atoms with E-state index in [1.807, 2.05) is 13.8 Å². The van der Waals surface area contributed by atoms with E-state index in [0.717, 1.165) is 9.88 Å². The summed E-state index contributed by atoms with van der Waals surface area (Å²) in [5, 5.41) is 12.7. The number of thioether (sulfide) groups is 1. The smallest absolute Gasteiger partial charge is 0.327 e. The third-order valence-electron chi connectivity index (χ3n) is 2.78. The molecule has 0 aliphatic carbocycles. The first-order valence-electron chi connectivity index (χ1n) is 5.79. The standard InChI is InChI=1S/C11H15N3O3S2/c1-6-3-12-9(19-6)7(2)13-11(17)14-5-18-4-8(14)10(15)16/h3,7-8H,4-5H2,1-2H3,(H,13,17)(H,15,16). The van der Waals surface area contributed by atoms with Crippen molar-refractivity contribution in [3.05, 3.63) is 16.1 Å². The van der Waals surface area contributed by atoms with Crippen LogP contribution in [0.25, 0.3) is 0 Å². The lowest BCUT2D eigenvalue weighted by atomic mass is 10.3. The van der Waals surface area contributed by atoms with Crippen LogP contribution in [0.15, 0.2) is 6.20 Å². The van der Waals surface area contributed by atoms with Crippen LogP contribution in [0.3, 0.4) is 0 Å². The van der Waals surface area contributed by atoms with Gasteiger partial charge in [-0.1, -0.05) is 0 Å². The molecule has 1 aliphatic rings. The summed E-state index contributed by atoms with van der Waals surface area (Å²) in [4.78, 5) is 29.7. The molecule has 2 atom stereocenters. The van der Waals surface area contributed by atoms with E-state index in [1.54, 1.807) is 6.20 Å². The highest BCUT2D eigenvalue weighted by Gasteiger charge is 2.35. The molecule has 2 N–H and O–H groups in total. The van der Waals surface area contributed by atoms with Crippen molar-refractivity contribution in [1.29, 1.82) is 0 Å². The predicted molar refractivity (Wildman–Crippen MR) is 74.4 cm³/mol. The first-order chi connectivity index (χ1) is 8.99. The maximum atomic E-state index is 12.1. The lowest BCUT2D eigenvalue weighted by molar-refractivity contribution is -0.140. The highest BCUT2D eigenvalue weighted by molar-refractivity contribution is 7.99. The molecule has 2 amide bonds. The Hall–Kier alpha value is -1.28. The zero-order valence-electron chi connectivity index (χ0n) is 10.6. The highest BCUT2D eigenvalue weighted by Crippen LogP contribution is 2.23. The van der Waals surface area contributed by atoms with Gasteiger partial charge in [0.15, 0.2) is 0 Å². The monoisotopic (exact) mass is 301 g/mol. The van der Waals surface area contributed by atoms with Crippen LogP contribution in [0.2, 0.25) is 0 Å². The number of aromatic nitrogens is 1. The second kappa shape index (κ2) is 5.79. The molecule has 2 unspecified atom stereocenters. The third kappa shape index (κ3) is 3.19. The minimum absolute atomic E-state index is 0.216. The molecule has 0 radical (unpaired) electrons. The number of carbonyl (C=O) groups is 2. The van der Waals surface area contributed by atoms with Gasteiger partial charge < -0.3 is 15.3 Å². The fourth-order valence-corrected chi connectivity index (χ4v) is 3.67. The Bertz CT molecular complexity index is 491. The van der Waals surface area contributed by atoms with Crippen LogP contribution in [-0.2, 0) is 4.79 Å². The molecule has 1 saturated heterocycles. The van der Waals surface area contributed by atoms with E-state index in [9.17, 15) is 9.59 Å². The van der Waals surface area contributed by atoms with Gasteiger partial charge in [0.25, 0.3) is 0 Å². The van der Waals surface area contributed by atoms with E-state index in [1.165, 1.54) is 28.0 Å². The molecule has 8 heteroatoms. The summed E-state index contributed by atoms with van der Waals surface area (Å²) in [5.41, 5.74) is 0. The van der Waals surface area contributed by atoms with Crippen molar-refractivity contribution < 1.29 is 14.7 Å². The van der Waals surface area contributed by atoms with Gasteiger partial charge in [0.05, 0.1) is 11.9 Å². The number of aliphatic carboxylic acids is 1. The summed E-state index contributed by atoms with van der Waals surface area (Å²) in [6.07, 6.45) is 1.76. The van der Waals surface area contributed by atoms with Crippen LogP contribution in [-0.4, -0.2) is 44.7 Å². The number of carbonyl (C=O) groups excluding carboxylic acids is 1. The van der Waals surface area contributed by atoms with Crippen molar-refractivity contribution in [3.63, 3.8) is 0 Å². The average Bonchev–Trinajstić information content (AvgIpc) is 2.96. The second-order valence-corrected chi connectivity index (χ2v) is 6.57. The Morgan fingerprint density at radius 3 is 2.95 bits per heavy atom. The molecule has 1 aromatic heterocycles. The van der Waals surface area contributed by atoms with E-state index in [2.05, 4.69) is 10.3 Å². The molecule has 1 aromatic rings. The summed E-state index contributed by atoms with van der Waals surface area (Å²) in [7, 11) is 0. The zero-order chi connectivity index (χ0) is 14.0. The normalized spacial score (nSPS) is 20.3. The molecule has 0 aromatic carbocycles. The minimum Gasteiger partial charge on any atom is -0.480 e. The van der Waals surface area contributed by atoms with Gasteiger partial charge >= 0.3 is 12.0 Å². The first kappa shape index (κ1) is 14.1. The highest BCUT2D eigenvalue weighted by atomic mass is 32.2. The van der Waals surface area contributed by atoms with Gasteiger partial charge in [-0.25, -0.2) is 14.6 Å². The Morgan fingerprint density at radius 2 is 2.37 bits per heavy atom. The van der Waals surface area contributed by atoms with Crippen LogP contribution in [0, 0.1) is 6.92 Å². The number of rotatable bonds is 3. The summed E-state index contributed by atoms with van der Waals surface area (Å²) in [6, 6.07) is -1.31. The van der Waals surface area contributed by atoms with Crippen molar-refractivity contribution in [1.82, 2.24) is 15.2 Å². The van der Waals surface area contributed by atoms with Gasteiger partial charge in [0.2, 0.25) is 0 Å². The molecule has 19 heavy (non-hydrogen) atoms. The van der Waals surface area contributed by atoms with Crippen molar-refractivity contribution in [2.45, 2.75) is 25.9 Å². The zero-order valence-corrected chi connectivity index (χ0v) is 12.3. The van der Waals surface area contributed by atoms with E-state index in [0.29, 0.717) is 11.6 Å². The topological polar surface area (TPSA) is 82.5 Å². The quantitative estimate of drug-likeness (QED) is 0.887. The molecule has 0 bridgehead atoms. The predicted octanol–water partition coefficient (Wildman–Crippen LogP) is 1.68. The fraction of sp³-hybridized carbons (Fsp3) is 0.545. The third-order valence-corrected chi connectivity index (χ3v) is 4.89. The Balaban J connectivity index is 1.99. The van der Waals surface area contributed by atoms with E-state index in [-0.39, 0.29) is 12.1 Å². The summed E-state index contributed by atoms with van der Waals surface area (Å²) in [6.45, 7) is 3.79. The van der Waals surface area contributed by atoms with Crippen LogP contribution in [0.1, 0.15) is 22.9 Å². The van der Waals surface area contributed by atoms with Crippen molar-refractivity contribution >= 4 is 35.1 Å². The number of aryl methyl sites for hydroxylation is 1. The van der Waals surface area contributed by atoms with Gasteiger partial charge in [0.1, 0.15) is 11.0 Å². The summed E-state index contributed by atoms with van der Waals surface area (Å²) < 4.78 is 0. The van der Waals surface area contributed by atoms with Gasteiger partial charge in [0, 0.05) is 16.8 Å². The van der Waals surface area contributed by atoms with Crippen LogP contribution >= 0.6 is 23.1 Å². The number of carboxylic acids is 1. The number of nitrogens with one attached hydrogen (secondary N) is 1. The number of thiazole rings is 1. The minimum atomic E-state index is -0.960. The number of amides is 2. The summed E-state index contributed by atoms with van der Waals surface area (Å²) >= 11 is 2.97. The van der Waals surface area contributed by atoms with Crippen molar-refractivity contribution in [2.24, 2.45) is 0 Å². The molecule has 2 rings (SSSR count). The Kier molecular flexibility index (Phi) is 4.31. The van der Waals surface area contributed by atoms with Crippen LogP contribution < -0.4 is 5.32 Å². The molecule has 0 spiro atoms. The van der Waals surface area contributed by atoms with Crippen molar-refractivity contribution in [2.75, 3.05) is 11.6 Å². The van der Waals surface area contributed by atoms with E-state index in [4.69, 9.17) is 5.11 Å². The average molecular weight is 301 g/mol. The lowest BCUT2D eigenvalue weighted by Gasteiger charge is -2.22. The van der Waals surface area contributed by atoms with Gasteiger partial charge in [-0.2, -0.15) is 0 Å². The molecule has 6 nitrogen and oxygen atoms in total. The molecule has 1 aliphatic heterocycles. The Morgan fingerprint density at radius 1 is 1.63 bits per heavy atom. The molecule has 1 fully saturated rings. The van der Waals surface area contributed by atoms with Gasteiger partial charge in [-0.15, -0.1) is 23.1 Å². The maximum absolute atomic E-state index is 12.1. The molecule has 0 saturated carbocycles. The largest absolute Gasteiger partial charge is 0.480 e. The SMILES string of the molecule is Cc1cnc(C(C)NC(=O)N2CSCC2C(=O)O)s1. The van der Waals surface area contributed by atoms with E-state index < -0.39 is 12.0 Å². The molecular weight excluding hydrogens is 286 g/mol. The van der Waals surface area contributed by atoms with Gasteiger partial charge in [-0.3, -0.25) is 0 Å². The summed E-state index contributed by atoms with van der Waals surface area (Å²) in [5.74, 6) is -0.113. The number of urea groups is 1. The number of nitrogens with zero attached hydrogens (tertiary/aromatic N) is 2. The lowest BCUT2D eigenvalue weighted by Crippen LogP contribution is -2.47. The molecule has 2 heterocycles.